The van der Waals surface area contributed by atoms with Crippen molar-refractivity contribution in [3.05, 3.63) is 39.8 Å². The predicted molar refractivity (Wildman–Crippen MR) is 109 cm³/mol. The predicted octanol–water partition coefficient (Wildman–Crippen LogP) is 2.41. The number of amides is 3. The van der Waals surface area contributed by atoms with Gasteiger partial charge in [-0.05, 0) is 42.0 Å². The molecule has 0 aromatic heterocycles. The van der Waals surface area contributed by atoms with Gasteiger partial charge in [0.25, 0.3) is 11.1 Å². The van der Waals surface area contributed by atoms with Gasteiger partial charge in [-0.2, -0.15) is 0 Å². The van der Waals surface area contributed by atoms with Crippen LogP contribution in [0, 0.1) is 0 Å². The van der Waals surface area contributed by atoms with Gasteiger partial charge in [-0.1, -0.05) is 23.7 Å². The monoisotopic (exact) mass is 442 g/mol. The molecule has 10 heteroatoms. The van der Waals surface area contributed by atoms with Gasteiger partial charge in [0.2, 0.25) is 5.91 Å². The molecule has 7 nitrogen and oxygen atoms in total. The van der Waals surface area contributed by atoms with Gasteiger partial charge in [0, 0.05) is 31.1 Å². The number of halogens is 1. The third-order valence-electron chi connectivity index (χ3n) is 4.74. The fraction of sp³-hybridized carbons (Fsp3) is 0.389. The molecule has 2 aliphatic rings. The number of imide groups is 1. The van der Waals surface area contributed by atoms with Gasteiger partial charge in [-0.3, -0.25) is 19.3 Å². The van der Waals surface area contributed by atoms with E-state index in [1.807, 2.05) is 0 Å². The summed E-state index contributed by atoms with van der Waals surface area (Å²) in [6, 6.07) is 6.51. The molecule has 1 unspecified atom stereocenters. The molecule has 0 radical (unpaired) electrons. The van der Waals surface area contributed by atoms with Gasteiger partial charge in [-0.15, -0.1) is 0 Å². The molecule has 0 saturated carbocycles. The minimum Gasteiger partial charge on any atom is -0.342 e. The summed E-state index contributed by atoms with van der Waals surface area (Å²) < 4.78 is 23.1. The zero-order chi connectivity index (χ0) is 20.5. The highest BCUT2D eigenvalue weighted by molar-refractivity contribution is 8.18. The number of thioether (sulfide) groups is 1. The number of nitrogens with zero attached hydrogens (tertiary/aromatic N) is 2. The molecule has 3 amide bonds. The number of sulfone groups is 1. The normalized spacial score (nSPS) is 22.9. The Morgan fingerprint density at radius 1 is 1.32 bits per heavy atom. The van der Waals surface area contributed by atoms with Crippen molar-refractivity contribution in [1.29, 1.82) is 0 Å². The Morgan fingerprint density at radius 2 is 2.00 bits per heavy atom. The lowest BCUT2D eigenvalue weighted by atomic mass is 10.2. The summed E-state index contributed by atoms with van der Waals surface area (Å²) in [6.07, 6.45) is 1.98. The summed E-state index contributed by atoms with van der Waals surface area (Å²) in [7, 11) is -1.54. The number of carbonyl (C=O) groups is 3. The highest BCUT2D eigenvalue weighted by Crippen LogP contribution is 2.32. The molecule has 1 aromatic carbocycles. The molecule has 2 saturated heterocycles. The summed E-state index contributed by atoms with van der Waals surface area (Å²) in [5, 5.41) is 0.145. The largest absolute Gasteiger partial charge is 0.342 e. The first-order valence-electron chi connectivity index (χ1n) is 8.63. The summed E-state index contributed by atoms with van der Waals surface area (Å²) >= 11 is 6.67. The van der Waals surface area contributed by atoms with Crippen molar-refractivity contribution in [2.75, 3.05) is 25.1 Å². The summed E-state index contributed by atoms with van der Waals surface area (Å²) in [5.74, 6) is -0.694. The second-order valence-corrected chi connectivity index (χ2v) is 10.4. The minimum absolute atomic E-state index is 0.0364. The molecule has 2 fully saturated rings. The molecule has 0 N–H and O–H groups in total. The highest BCUT2D eigenvalue weighted by Gasteiger charge is 2.36. The summed E-state index contributed by atoms with van der Waals surface area (Å²) in [5.41, 5.74) is 0.744. The minimum atomic E-state index is -3.09. The topological polar surface area (TPSA) is 91.8 Å². The number of rotatable bonds is 5. The van der Waals surface area contributed by atoms with Crippen molar-refractivity contribution in [1.82, 2.24) is 9.80 Å². The molecule has 0 aliphatic carbocycles. The van der Waals surface area contributed by atoms with Gasteiger partial charge in [0.15, 0.2) is 9.84 Å². The molecular formula is C18H19ClN2O5S2. The second kappa shape index (κ2) is 8.26. The first-order chi connectivity index (χ1) is 13.2. The van der Waals surface area contributed by atoms with Crippen molar-refractivity contribution < 1.29 is 22.8 Å². The first kappa shape index (κ1) is 20.9. The van der Waals surface area contributed by atoms with Gasteiger partial charge in [-0.25, -0.2) is 8.42 Å². The molecule has 28 heavy (non-hydrogen) atoms. The van der Waals surface area contributed by atoms with Crippen LogP contribution >= 0.6 is 23.4 Å². The molecular weight excluding hydrogens is 424 g/mol. The lowest BCUT2D eigenvalue weighted by Crippen LogP contribution is -2.40. The Bertz CT molecular complexity index is 943. The smallest absolute Gasteiger partial charge is 0.293 e. The van der Waals surface area contributed by atoms with Crippen LogP contribution in [0.5, 0.6) is 0 Å². The average Bonchev–Trinajstić information content (AvgIpc) is 3.13. The van der Waals surface area contributed by atoms with Crippen molar-refractivity contribution in [2.45, 2.75) is 18.9 Å². The third-order valence-corrected chi connectivity index (χ3v) is 7.65. The second-order valence-electron chi connectivity index (χ2n) is 6.70. The van der Waals surface area contributed by atoms with Crippen LogP contribution in [-0.4, -0.2) is 66.4 Å². The standard InChI is InChI=1S/C18H19ClN2O5S2/c1-20(14-7-9-28(25,26)11-14)16(22)6-8-21-17(23)15(27-18(21)24)10-12-2-4-13(19)5-3-12/h2-5,10,14H,6-9,11H2,1H3/b15-10+. The Morgan fingerprint density at radius 3 is 2.61 bits per heavy atom. The van der Waals surface area contributed by atoms with Crippen LogP contribution in [0.4, 0.5) is 4.79 Å². The van der Waals surface area contributed by atoms with Crippen molar-refractivity contribution >= 4 is 56.3 Å². The first-order valence-corrected chi connectivity index (χ1v) is 11.6. The lowest BCUT2D eigenvalue weighted by Gasteiger charge is -2.24. The molecule has 1 atom stereocenters. The Labute approximate surface area is 172 Å². The fourth-order valence-electron chi connectivity index (χ4n) is 3.07. The molecule has 0 bridgehead atoms. The van der Waals surface area contributed by atoms with Crippen LogP contribution in [0.15, 0.2) is 29.2 Å². The van der Waals surface area contributed by atoms with Gasteiger partial charge in [0.05, 0.1) is 16.4 Å². The van der Waals surface area contributed by atoms with E-state index in [0.29, 0.717) is 11.4 Å². The maximum atomic E-state index is 12.5. The van der Waals surface area contributed by atoms with E-state index in [1.165, 1.54) is 4.90 Å². The van der Waals surface area contributed by atoms with Crippen LogP contribution in [0.25, 0.3) is 6.08 Å². The quantitative estimate of drug-likeness (QED) is 0.650. The Kier molecular flexibility index (Phi) is 6.16. The van der Waals surface area contributed by atoms with Crippen LogP contribution in [0.1, 0.15) is 18.4 Å². The van der Waals surface area contributed by atoms with E-state index in [4.69, 9.17) is 11.6 Å². The number of benzene rings is 1. The molecule has 1 aromatic rings. The van der Waals surface area contributed by atoms with E-state index in [0.717, 1.165) is 22.2 Å². The maximum absolute atomic E-state index is 12.5. The third kappa shape index (κ3) is 4.76. The van der Waals surface area contributed by atoms with E-state index < -0.39 is 21.0 Å². The van der Waals surface area contributed by atoms with E-state index >= 15 is 0 Å². The van der Waals surface area contributed by atoms with Gasteiger partial charge < -0.3 is 4.90 Å². The SMILES string of the molecule is CN(C(=O)CCN1C(=O)S/C(=C/c2ccc(Cl)cc2)C1=O)C1CCS(=O)(=O)C1. The molecule has 150 valence electrons. The summed E-state index contributed by atoms with van der Waals surface area (Å²) in [4.78, 5) is 39.8. The van der Waals surface area contributed by atoms with Crippen LogP contribution in [0.2, 0.25) is 5.02 Å². The Hall–Kier alpha value is -1.84. The molecule has 3 rings (SSSR count). The fourth-order valence-corrected chi connectivity index (χ4v) is 5.84. The van der Waals surface area contributed by atoms with E-state index in [9.17, 15) is 22.8 Å². The zero-order valence-electron chi connectivity index (χ0n) is 15.1. The molecule has 2 heterocycles. The van der Waals surface area contributed by atoms with E-state index in [-0.39, 0.29) is 41.3 Å². The van der Waals surface area contributed by atoms with Gasteiger partial charge in [0.1, 0.15) is 0 Å². The average molecular weight is 443 g/mol. The van der Waals surface area contributed by atoms with Crippen LogP contribution in [0.3, 0.4) is 0 Å². The lowest BCUT2D eigenvalue weighted by molar-refractivity contribution is -0.132. The highest BCUT2D eigenvalue weighted by atomic mass is 35.5. The van der Waals surface area contributed by atoms with E-state index in [2.05, 4.69) is 0 Å². The van der Waals surface area contributed by atoms with Crippen molar-refractivity contribution in [3.8, 4) is 0 Å². The number of hydrogen-bond acceptors (Lipinski definition) is 6. The summed E-state index contributed by atoms with van der Waals surface area (Å²) in [6.45, 7) is -0.0364. The van der Waals surface area contributed by atoms with E-state index in [1.54, 1.807) is 37.4 Å². The van der Waals surface area contributed by atoms with Crippen molar-refractivity contribution in [3.63, 3.8) is 0 Å². The van der Waals surface area contributed by atoms with Gasteiger partial charge >= 0.3 is 0 Å². The van der Waals surface area contributed by atoms with Crippen LogP contribution in [-0.2, 0) is 19.4 Å². The van der Waals surface area contributed by atoms with Crippen molar-refractivity contribution in [2.24, 2.45) is 0 Å². The molecule has 2 aliphatic heterocycles. The molecule has 0 spiro atoms. The number of carbonyl (C=O) groups excluding carboxylic acids is 3. The maximum Gasteiger partial charge on any atom is 0.293 e. The number of hydrogen-bond donors (Lipinski definition) is 0. The Balaban J connectivity index is 1.60. The zero-order valence-corrected chi connectivity index (χ0v) is 17.5. The van der Waals surface area contributed by atoms with Crippen LogP contribution < -0.4 is 0 Å².